The van der Waals surface area contributed by atoms with E-state index in [1.54, 1.807) is 0 Å². The number of hydrogen-bond acceptors (Lipinski definition) is 1. The van der Waals surface area contributed by atoms with Gasteiger partial charge in [-0.05, 0) is 18.9 Å². The van der Waals surface area contributed by atoms with Crippen molar-refractivity contribution in [3.8, 4) is 0 Å². The van der Waals surface area contributed by atoms with Crippen molar-refractivity contribution in [3.05, 3.63) is 35.4 Å². The van der Waals surface area contributed by atoms with Gasteiger partial charge in [0.2, 0.25) is 5.91 Å². The molecule has 0 saturated heterocycles. The number of halogens is 3. The maximum atomic E-state index is 13.6. The Morgan fingerprint density at radius 2 is 2.00 bits per heavy atom. The molecule has 20 heavy (non-hydrogen) atoms. The van der Waals surface area contributed by atoms with Crippen molar-refractivity contribution in [2.75, 3.05) is 11.9 Å². The van der Waals surface area contributed by atoms with Crippen LogP contribution in [0.25, 0.3) is 0 Å². The number of hydrogen-bond donors (Lipinski definition) is 0. The Morgan fingerprint density at radius 3 is 2.65 bits per heavy atom. The predicted octanol–water partition coefficient (Wildman–Crippen LogP) is 3.67. The number of nitrogens with zero attached hydrogens (tertiary/aromatic N) is 1. The fourth-order valence-corrected chi connectivity index (χ4v) is 3.15. The van der Waals surface area contributed by atoms with Crippen LogP contribution in [0.2, 0.25) is 0 Å². The van der Waals surface area contributed by atoms with Crippen molar-refractivity contribution in [3.63, 3.8) is 0 Å². The highest BCUT2D eigenvalue weighted by Crippen LogP contribution is 2.24. The van der Waals surface area contributed by atoms with Gasteiger partial charge in [-0.3, -0.25) is 4.79 Å². The molecule has 1 aliphatic carbocycles. The molecule has 1 aliphatic rings. The minimum absolute atomic E-state index is 0.0763. The van der Waals surface area contributed by atoms with Gasteiger partial charge in [0.1, 0.15) is 0 Å². The summed E-state index contributed by atoms with van der Waals surface area (Å²) < 4.78 is 26.8. The molecule has 110 valence electrons. The highest BCUT2D eigenvalue weighted by molar-refractivity contribution is 9.09. The second-order valence-corrected chi connectivity index (χ2v) is 5.90. The summed E-state index contributed by atoms with van der Waals surface area (Å²) in [5, 5.41) is 0.695. The second-order valence-electron chi connectivity index (χ2n) is 5.10. The SMILES string of the molecule is O=C(Cc1cccc(F)c1F)N(CCBr)C1CCCC1. The molecule has 5 heteroatoms. The summed E-state index contributed by atoms with van der Waals surface area (Å²) >= 11 is 3.35. The van der Waals surface area contributed by atoms with E-state index in [9.17, 15) is 13.6 Å². The highest BCUT2D eigenvalue weighted by atomic mass is 79.9. The number of alkyl halides is 1. The number of rotatable bonds is 5. The van der Waals surface area contributed by atoms with Gasteiger partial charge in [-0.25, -0.2) is 8.78 Å². The third kappa shape index (κ3) is 3.57. The molecular formula is C15H18BrF2NO. The molecule has 1 amide bonds. The first-order valence-electron chi connectivity index (χ1n) is 6.92. The Morgan fingerprint density at radius 1 is 1.30 bits per heavy atom. The van der Waals surface area contributed by atoms with Gasteiger partial charge in [-0.15, -0.1) is 0 Å². The first-order chi connectivity index (χ1) is 9.63. The highest BCUT2D eigenvalue weighted by Gasteiger charge is 2.26. The molecule has 0 N–H and O–H groups in total. The third-order valence-corrected chi connectivity index (χ3v) is 4.14. The molecule has 0 atom stereocenters. The minimum atomic E-state index is -0.911. The Bertz CT molecular complexity index is 475. The van der Waals surface area contributed by atoms with Crippen LogP contribution in [-0.4, -0.2) is 28.7 Å². The zero-order valence-corrected chi connectivity index (χ0v) is 12.8. The lowest BCUT2D eigenvalue weighted by Gasteiger charge is -2.28. The average Bonchev–Trinajstić information content (AvgIpc) is 2.95. The van der Waals surface area contributed by atoms with E-state index in [0.29, 0.717) is 11.9 Å². The lowest BCUT2D eigenvalue weighted by molar-refractivity contribution is -0.132. The molecule has 0 unspecified atom stereocenters. The lowest BCUT2D eigenvalue weighted by atomic mass is 10.1. The Hall–Kier alpha value is -0.970. The Kier molecular flexibility index (Phi) is 5.52. The van der Waals surface area contributed by atoms with Crippen LogP contribution < -0.4 is 0 Å². The third-order valence-electron chi connectivity index (χ3n) is 3.78. The number of amides is 1. The maximum absolute atomic E-state index is 13.6. The molecule has 2 rings (SSSR count). The van der Waals surface area contributed by atoms with Crippen LogP contribution in [0, 0.1) is 11.6 Å². The normalized spacial score (nSPS) is 15.6. The average molecular weight is 346 g/mol. The van der Waals surface area contributed by atoms with Gasteiger partial charge in [0.25, 0.3) is 0 Å². The predicted molar refractivity (Wildman–Crippen MR) is 77.8 cm³/mol. The largest absolute Gasteiger partial charge is 0.339 e. The maximum Gasteiger partial charge on any atom is 0.227 e. The zero-order valence-electron chi connectivity index (χ0n) is 11.2. The van der Waals surface area contributed by atoms with Crippen molar-refractivity contribution >= 4 is 21.8 Å². The van der Waals surface area contributed by atoms with Crippen molar-refractivity contribution in [2.45, 2.75) is 38.1 Å². The van der Waals surface area contributed by atoms with E-state index in [-0.39, 0.29) is 23.9 Å². The van der Waals surface area contributed by atoms with Gasteiger partial charge in [0.05, 0.1) is 6.42 Å². The van der Waals surface area contributed by atoms with E-state index in [1.165, 1.54) is 12.1 Å². The summed E-state index contributed by atoms with van der Waals surface area (Å²) in [7, 11) is 0. The van der Waals surface area contributed by atoms with Crippen LogP contribution in [0.1, 0.15) is 31.2 Å². The van der Waals surface area contributed by atoms with Gasteiger partial charge in [0.15, 0.2) is 11.6 Å². The molecule has 0 heterocycles. The molecule has 2 nitrogen and oxygen atoms in total. The van der Waals surface area contributed by atoms with Crippen LogP contribution in [0.15, 0.2) is 18.2 Å². The fraction of sp³-hybridized carbons (Fsp3) is 0.533. The van der Waals surface area contributed by atoms with Crippen LogP contribution >= 0.6 is 15.9 Å². The summed E-state index contributed by atoms with van der Waals surface area (Å²) in [6.07, 6.45) is 4.19. The monoisotopic (exact) mass is 345 g/mol. The minimum Gasteiger partial charge on any atom is -0.339 e. The number of carbonyl (C=O) groups excluding carboxylic acids is 1. The quantitative estimate of drug-likeness (QED) is 0.745. The van der Waals surface area contributed by atoms with E-state index in [2.05, 4.69) is 15.9 Å². The number of benzene rings is 1. The molecule has 0 bridgehead atoms. The van der Waals surface area contributed by atoms with Crippen LogP contribution in [0.3, 0.4) is 0 Å². The van der Waals surface area contributed by atoms with E-state index in [1.807, 2.05) is 4.90 Å². The summed E-state index contributed by atoms with van der Waals surface area (Å²) in [6, 6.07) is 4.22. The van der Waals surface area contributed by atoms with Crippen LogP contribution in [0.4, 0.5) is 8.78 Å². The van der Waals surface area contributed by atoms with Crippen LogP contribution in [-0.2, 0) is 11.2 Å². The molecule has 1 aromatic carbocycles. The Labute approximate surface area is 126 Å². The van der Waals surface area contributed by atoms with E-state index in [4.69, 9.17) is 0 Å². The molecule has 1 saturated carbocycles. The molecule has 0 radical (unpaired) electrons. The van der Waals surface area contributed by atoms with Crippen molar-refractivity contribution in [1.29, 1.82) is 0 Å². The molecular weight excluding hydrogens is 328 g/mol. The van der Waals surface area contributed by atoms with Crippen molar-refractivity contribution in [1.82, 2.24) is 4.90 Å². The molecule has 0 aliphatic heterocycles. The Balaban J connectivity index is 2.09. The van der Waals surface area contributed by atoms with E-state index >= 15 is 0 Å². The summed E-state index contributed by atoms with van der Waals surface area (Å²) in [4.78, 5) is 14.2. The first kappa shape index (κ1) is 15.4. The van der Waals surface area contributed by atoms with Gasteiger partial charge in [-0.1, -0.05) is 40.9 Å². The van der Waals surface area contributed by atoms with Crippen molar-refractivity contribution in [2.24, 2.45) is 0 Å². The van der Waals surface area contributed by atoms with Crippen molar-refractivity contribution < 1.29 is 13.6 Å². The molecule has 1 aromatic rings. The lowest BCUT2D eigenvalue weighted by Crippen LogP contribution is -2.41. The summed E-state index contributed by atoms with van der Waals surface area (Å²) in [6.45, 7) is 0.612. The van der Waals surface area contributed by atoms with Gasteiger partial charge in [-0.2, -0.15) is 0 Å². The standard InChI is InChI=1S/C15H18BrF2NO/c16-8-9-19(12-5-1-2-6-12)14(20)10-11-4-3-7-13(17)15(11)18/h3-4,7,12H,1-2,5-6,8-10H2. The fourth-order valence-electron chi connectivity index (χ4n) is 2.77. The smallest absolute Gasteiger partial charge is 0.227 e. The second kappa shape index (κ2) is 7.16. The zero-order chi connectivity index (χ0) is 14.5. The summed E-state index contributed by atoms with van der Waals surface area (Å²) in [5.41, 5.74) is 0.132. The molecule has 0 aromatic heterocycles. The van der Waals surface area contributed by atoms with Crippen LogP contribution in [0.5, 0.6) is 0 Å². The van der Waals surface area contributed by atoms with Gasteiger partial charge >= 0.3 is 0 Å². The van der Waals surface area contributed by atoms with Gasteiger partial charge < -0.3 is 4.90 Å². The summed E-state index contributed by atoms with van der Waals surface area (Å²) in [5.74, 6) is -1.94. The number of carbonyl (C=O) groups is 1. The van der Waals surface area contributed by atoms with E-state index in [0.717, 1.165) is 31.7 Å². The molecule has 1 fully saturated rings. The van der Waals surface area contributed by atoms with Gasteiger partial charge in [0, 0.05) is 23.5 Å². The first-order valence-corrected chi connectivity index (χ1v) is 8.04. The van der Waals surface area contributed by atoms with E-state index < -0.39 is 11.6 Å². The molecule has 0 spiro atoms. The topological polar surface area (TPSA) is 20.3 Å².